The smallest absolute Gasteiger partial charge is 0.457 e. The minimum absolute atomic E-state index is 0.0915. The van der Waals surface area contributed by atoms with E-state index in [4.69, 9.17) is 24.3 Å². The third-order valence-corrected chi connectivity index (χ3v) is 7.26. The SMILES string of the molecule is CCCCCCCCCCCCCCOCC(COP(=O)(O)OCCN)OC(=O)CCCCCCCC. The van der Waals surface area contributed by atoms with Crippen molar-refractivity contribution in [2.75, 3.05) is 33.0 Å². The van der Waals surface area contributed by atoms with E-state index in [0.717, 1.165) is 32.1 Å². The lowest BCUT2D eigenvalue weighted by Gasteiger charge is -2.20. The number of hydrogen-bond donors (Lipinski definition) is 2. The molecule has 0 spiro atoms. The van der Waals surface area contributed by atoms with Gasteiger partial charge in [-0.15, -0.1) is 0 Å². The van der Waals surface area contributed by atoms with Gasteiger partial charge in [-0.25, -0.2) is 4.57 Å². The lowest BCUT2D eigenvalue weighted by Crippen LogP contribution is -2.28. The van der Waals surface area contributed by atoms with E-state index in [-0.39, 0.29) is 32.3 Å². The number of carbonyl (C=O) groups excluding carboxylic acids is 1. The molecule has 8 nitrogen and oxygen atoms in total. The standard InChI is InChI=1S/C28H58NO7P/c1-3-5-7-9-11-12-13-14-15-16-18-20-23-33-25-27(26-35-37(31,32)34-24-22-29)36-28(30)21-19-17-10-8-6-4-2/h27H,3-26,29H2,1-2H3,(H,31,32). The Morgan fingerprint density at radius 3 is 1.70 bits per heavy atom. The lowest BCUT2D eigenvalue weighted by atomic mass is 10.1. The maximum atomic E-state index is 12.3. The van der Waals surface area contributed by atoms with Crippen LogP contribution in [0.5, 0.6) is 0 Å². The predicted octanol–water partition coefficient (Wildman–Crippen LogP) is 7.46. The number of esters is 1. The Labute approximate surface area is 227 Å². The summed E-state index contributed by atoms with van der Waals surface area (Å²) in [6, 6.07) is 0. The van der Waals surface area contributed by atoms with Crippen molar-refractivity contribution >= 4 is 13.8 Å². The fraction of sp³-hybridized carbons (Fsp3) is 0.964. The monoisotopic (exact) mass is 551 g/mol. The number of hydrogen-bond acceptors (Lipinski definition) is 7. The fourth-order valence-corrected chi connectivity index (χ4v) is 4.82. The second-order valence-electron chi connectivity index (χ2n) is 9.98. The molecule has 2 atom stereocenters. The van der Waals surface area contributed by atoms with Crippen LogP contribution >= 0.6 is 7.82 Å². The van der Waals surface area contributed by atoms with E-state index in [1.165, 1.54) is 83.5 Å². The average molecular weight is 552 g/mol. The fourth-order valence-electron chi connectivity index (χ4n) is 4.05. The Bertz CT molecular complexity index is 551. The van der Waals surface area contributed by atoms with Crippen LogP contribution in [0.25, 0.3) is 0 Å². The van der Waals surface area contributed by atoms with E-state index >= 15 is 0 Å². The highest BCUT2D eigenvalue weighted by Gasteiger charge is 2.25. The minimum atomic E-state index is -4.24. The Kier molecular flexibility index (Phi) is 26.7. The molecule has 0 aliphatic carbocycles. The Morgan fingerprint density at radius 1 is 0.703 bits per heavy atom. The van der Waals surface area contributed by atoms with Crippen LogP contribution in [0.4, 0.5) is 0 Å². The molecule has 0 aromatic heterocycles. The van der Waals surface area contributed by atoms with Gasteiger partial charge in [-0.2, -0.15) is 0 Å². The summed E-state index contributed by atoms with van der Waals surface area (Å²) < 4.78 is 32.9. The molecule has 2 unspecified atom stereocenters. The molecule has 0 aliphatic rings. The number of phosphoric ester groups is 1. The maximum absolute atomic E-state index is 12.3. The molecule has 0 saturated carbocycles. The van der Waals surface area contributed by atoms with Gasteiger partial charge < -0.3 is 20.1 Å². The van der Waals surface area contributed by atoms with Crippen LogP contribution in [0, 0.1) is 0 Å². The van der Waals surface area contributed by atoms with Crippen molar-refractivity contribution < 1.29 is 32.8 Å². The average Bonchev–Trinajstić information content (AvgIpc) is 2.88. The number of unbranched alkanes of at least 4 members (excludes halogenated alkanes) is 16. The van der Waals surface area contributed by atoms with Crippen LogP contribution in [-0.4, -0.2) is 49.9 Å². The minimum Gasteiger partial charge on any atom is -0.457 e. The Hall–Kier alpha value is -0.500. The second kappa shape index (κ2) is 27.1. The molecule has 0 saturated heterocycles. The molecule has 0 aromatic rings. The van der Waals surface area contributed by atoms with Gasteiger partial charge >= 0.3 is 13.8 Å². The number of rotatable bonds is 29. The van der Waals surface area contributed by atoms with E-state index in [1.54, 1.807) is 0 Å². The first kappa shape index (κ1) is 36.5. The molecular weight excluding hydrogens is 493 g/mol. The van der Waals surface area contributed by atoms with Crippen LogP contribution in [0.2, 0.25) is 0 Å². The summed E-state index contributed by atoms with van der Waals surface area (Å²) in [6.45, 7) is 4.85. The lowest BCUT2D eigenvalue weighted by molar-refractivity contribution is -0.154. The summed E-state index contributed by atoms with van der Waals surface area (Å²) in [6.07, 6.45) is 21.3. The van der Waals surface area contributed by atoms with Gasteiger partial charge in [0.1, 0.15) is 6.10 Å². The van der Waals surface area contributed by atoms with Crippen molar-refractivity contribution in [3.63, 3.8) is 0 Å². The zero-order valence-corrected chi connectivity index (χ0v) is 24.9. The number of carbonyl (C=O) groups is 1. The number of ether oxygens (including phenoxy) is 2. The zero-order valence-electron chi connectivity index (χ0n) is 24.0. The van der Waals surface area contributed by atoms with Crippen molar-refractivity contribution in [1.29, 1.82) is 0 Å². The molecule has 0 fully saturated rings. The third kappa shape index (κ3) is 26.9. The van der Waals surface area contributed by atoms with Crippen molar-refractivity contribution in [3.8, 4) is 0 Å². The van der Waals surface area contributed by atoms with Crippen LogP contribution < -0.4 is 5.73 Å². The van der Waals surface area contributed by atoms with Gasteiger partial charge in [-0.05, 0) is 12.8 Å². The second-order valence-corrected chi connectivity index (χ2v) is 11.4. The van der Waals surface area contributed by atoms with Gasteiger partial charge in [0.05, 0.1) is 19.8 Å². The summed E-state index contributed by atoms with van der Waals surface area (Å²) >= 11 is 0. The number of phosphoric acid groups is 1. The molecule has 0 aliphatic heterocycles. The van der Waals surface area contributed by atoms with E-state index in [1.807, 2.05) is 0 Å². The molecule has 0 amide bonds. The maximum Gasteiger partial charge on any atom is 0.472 e. The highest BCUT2D eigenvalue weighted by atomic mass is 31.2. The van der Waals surface area contributed by atoms with Gasteiger partial charge in [0.2, 0.25) is 0 Å². The summed E-state index contributed by atoms with van der Waals surface area (Å²) in [4.78, 5) is 22.0. The Balaban J connectivity index is 4.10. The largest absolute Gasteiger partial charge is 0.472 e. The molecule has 222 valence electrons. The predicted molar refractivity (Wildman–Crippen MR) is 151 cm³/mol. The third-order valence-electron chi connectivity index (χ3n) is 6.27. The van der Waals surface area contributed by atoms with Gasteiger partial charge in [0, 0.05) is 19.6 Å². The van der Waals surface area contributed by atoms with E-state index in [9.17, 15) is 14.3 Å². The molecule has 9 heteroatoms. The molecule has 3 N–H and O–H groups in total. The van der Waals surface area contributed by atoms with Crippen molar-refractivity contribution in [3.05, 3.63) is 0 Å². The van der Waals surface area contributed by atoms with Gasteiger partial charge in [0.15, 0.2) is 0 Å². The van der Waals surface area contributed by atoms with Crippen molar-refractivity contribution in [2.45, 2.75) is 142 Å². The van der Waals surface area contributed by atoms with Crippen molar-refractivity contribution in [1.82, 2.24) is 0 Å². The van der Waals surface area contributed by atoms with E-state index < -0.39 is 13.9 Å². The topological polar surface area (TPSA) is 117 Å². The van der Waals surface area contributed by atoms with E-state index in [0.29, 0.717) is 13.0 Å². The van der Waals surface area contributed by atoms with Crippen molar-refractivity contribution in [2.24, 2.45) is 5.73 Å². The molecular formula is C28H58NO7P. The zero-order chi connectivity index (χ0) is 27.5. The van der Waals surface area contributed by atoms with Crippen LogP contribution in [-0.2, 0) is 27.9 Å². The summed E-state index contributed by atoms with van der Waals surface area (Å²) in [5, 5.41) is 0. The first-order chi connectivity index (χ1) is 17.9. The summed E-state index contributed by atoms with van der Waals surface area (Å²) in [5.74, 6) is -0.339. The summed E-state index contributed by atoms with van der Waals surface area (Å²) in [7, 11) is -4.24. The Morgan fingerprint density at radius 2 is 1.19 bits per heavy atom. The molecule has 0 bridgehead atoms. The first-order valence-electron chi connectivity index (χ1n) is 15.0. The van der Waals surface area contributed by atoms with Crippen LogP contribution in [0.1, 0.15) is 136 Å². The normalized spacial score (nSPS) is 13.9. The highest BCUT2D eigenvalue weighted by molar-refractivity contribution is 7.47. The quantitative estimate of drug-likeness (QED) is 0.0559. The first-order valence-corrected chi connectivity index (χ1v) is 16.5. The van der Waals surface area contributed by atoms with Crippen LogP contribution in [0.15, 0.2) is 0 Å². The molecule has 0 rings (SSSR count). The number of nitrogens with two attached hydrogens (primary N) is 1. The van der Waals surface area contributed by atoms with Crippen LogP contribution in [0.3, 0.4) is 0 Å². The molecule has 0 aromatic carbocycles. The van der Waals surface area contributed by atoms with Gasteiger partial charge in [-0.3, -0.25) is 13.8 Å². The van der Waals surface area contributed by atoms with E-state index in [2.05, 4.69) is 13.8 Å². The summed E-state index contributed by atoms with van der Waals surface area (Å²) in [5.41, 5.74) is 5.31. The van der Waals surface area contributed by atoms with Gasteiger partial charge in [-0.1, -0.05) is 117 Å². The highest BCUT2D eigenvalue weighted by Crippen LogP contribution is 2.43. The molecule has 0 heterocycles. The molecule has 0 radical (unpaired) electrons. The molecule has 37 heavy (non-hydrogen) atoms. The van der Waals surface area contributed by atoms with Gasteiger partial charge in [0.25, 0.3) is 0 Å².